The van der Waals surface area contributed by atoms with E-state index >= 15 is 0 Å². The molecule has 0 fully saturated rings. The molecule has 0 radical (unpaired) electrons. The summed E-state index contributed by atoms with van der Waals surface area (Å²) >= 11 is 5.84. The van der Waals surface area contributed by atoms with Gasteiger partial charge in [0, 0.05) is 23.7 Å². The molecule has 2 aromatic carbocycles. The fraction of sp³-hybridized carbons (Fsp3) is 0.238. The van der Waals surface area contributed by atoms with Crippen LogP contribution in [0.4, 0.5) is 13.2 Å². The van der Waals surface area contributed by atoms with Crippen LogP contribution in [0.25, 0.3) is 0 Å². The molecule has 0 aliphatic carbocycles. The highest BCUT2D eigenvalue weighted by atomic mass is 35.5. The van der Waals surface area contributed by atoms with Gasteiger partial charge in [-0.1, -0.05) is 30.7 Å². The zero-order valence-corrected chi connectivity index (χ0v) is 17.6. The molecule has 0 saturated heterocycles. The number of halogens is 4. The molecule has 1 N–H and O–H groups in total. The molecule has 0 amide bonds. The van der Waals surface area contributed by atoms with Crippen LogP contribution in [-0.4, -0.2) is 35.1 Å². The molecule has 2 atom stereocenters. The largest absolute Gasteiger partial charge is 0.382 e. The summed E-state index contributed by atoms with van der Waals surface area (Å²) in [5.74, 6) is -2.90. The molecule has 0 saturated carbocycles. The van der Waals surface area contributed by atoms with E-state index in [1.807, 2.05) is 0 Å². The highest BCUT2D eigenvalue weighted by Gasteiger charge is 2.41. The molecule has 11 heteroatoms. The van der Waals surface area contributed by atoms with Crippen LogP contribution in [0.3, 0.4) is 0 Å². The number of tetrazole rings is 1. The zero-order valence-electron chi connectivity index (χ0n) is 16.8. The van der Waals surface area contributed by atoms with Gasteiger partial charge in [0.05, 0.1) is 23.8 Å². The van der Waals surface area contributed by atoms with Crippen LogP contribution in [0.5, 0.6) is 0 Å². The maximum absolute atomic E-state index is 14.7. The van der Waals surface area contributed by atoms with Crippen molar-refractivity contribution in [2.24, 2.45) is 0 Å². The molecule has 4 rings (SSSR count). The summed E-state index contributed by atoms with van der Waals surface area (Å²) < 4.78 is 44.4. The SMILES string of the molecule is C[C@@H](c1ccn(Cc2ccc(F)c(Cl)c2)n1)[C@](O)(Cn1cnnn1)c1ccc(F)cc1F. The summed E-state index contributed by atoms with van der Waals surface area (Å²) in [6, 6.07) is 9.03. The van der Waals surface area contributed by atoms with Crippen molar-refractivity contribution in [3.8, 4) is 0 Å². The third-order valence-corrected chi connectivity index (χ3v) is 5.63. The van der Waals surface area contributed by atoms with Crippen molar-refractivity contribution >= 4 is 11.6 Å². The smallest absolute Gasteiger partial charge is 0.141 e. The standard InChI is InChI=1S/C21H18ClF3N6O/c1-13(20-6-7-30(27-20)10-14-2-5-18(24)17(22)8-14)21(32,11-31-12-26-28-29-31)16-4-3-15(23)9-19(16)25/h2-9,12-13,32H,10-11H2,1H3/t13-,21+/m0/s1. The van der Waals surface area contributed by atoms with Crippen LogP contribution in [0, 0.1) is 17.5 Å². The minimum Gasteiger partial charge on any atom is -0.382 e. The number of rotatable bonds is 7. The number of hydrogen-bond donors (Lipinski definition) is 1. The lowest BCUT2D eigenvalue weighted by Crippen LogP contribution is -2.38. The number of benzene rings is 2. The maximum atomic E-state index is 14.7. The monoisotopic (exact) mass is 462 g/mol. The Bertz CT molecular complexity index is 1230. The molecule has 0 unspecified atom stereocenters. The minimum atomic E-state index is -1.84. The summed E-state index contributed by atoms with van der Waals surface area (Å²) in [6.07, 6.45) is 2.97. The van der Waals surface area contributed by atoms with Crippen LogP contribution < -0.4 is 0 Å². The second kappa shape index (κ2) is 8.71. The Morgan fingerprint density at radius 2 is 1.88 bits per heavy atom. The van der Waals surface area contributed by atoms with Gasteiger partial charge in [-0.15, -0.1) is 5.10 Å². The molecular weight excluding hydrogens is 445 g/mol. The molecule has 0 aliphatic heterocycles. The lowest BCUT2D eigenvalue weighted by molar-refractivity contribution is -0.0128. The third kappa shape index (κ3) is 4.37. The quantitative estimate of drug-likeness (QED) is 0.453. The van der Waals surface area contributed by atoms with Gasteiger partial charge in [0.25, 0.3) is 0 Å². The van der Waals surface area contributed by atoms with Crippen LogP contribution in [0.1, 0.15) is 29.7 Å². The van der Waals surface area contributed by atoms with Crippen LogP contribution in [0.15, 0.2) is 55.0 Å². The van der Waals surface area contributed by atoms with Crippen molar-refractivity contribution < 1.29 is 18.3 Å². The topological polar surface area (TPSA) is 81.6 Å². The maximum Gasteiger partial charge on any atom is 0.141 e. The fourth-order valence-electron chi connectivity index (χ4n) is 3.56. The average molecular weight is 463 g/mol. The van der Waals surface area contributed by atoms with E-state index in [1.54, 1.807) is 29.9 Å². The molecule has 7 nitrogen and oxygen atoms in total. The van der Waals surface area contributed by atoms with Crippen molar-refractivity contribution in [1.82, 2.24) is 30.0 Å². The van der Waals surface area contributed by atoms with E-state index < -0.39 is 29.0 Å². The summed E-state index contributed by atoms with van der Waals surface area (Å²) in [7, 11) is 0. The van der Waals surface area contributed by atoms with Gasteiger partial charge in [-0.2, -0.15) is 5.10 Å². The Labute approximate surface area is 186 Å². The predicted octanol–water partition coefficient (Wildman–Crippen LogP) is 3.68. The Morgan fingerprint density at radius 1 is 1.06 bits per heavy atom. The number of aromatic nitrogens is 6. The summed E-state index contributed by atoms with van der Waals surface area (Å²) in [5, 5.41) is 27.0. The van der Waals surface area contributed by atoms with Gasteiger partial charge in [0.1, 0.15) is 29.4 Å². The van der Waals surface area contributed by atoms with E-state index in [1.165, 1.54) is 29.2 Å². The van der Waals surface area contributed by atoms with Crippen LogP contribution in [0.2, 0.25) is 5.02 Å². The van der Waals surface area contributed by atoms with E-state index in [0.29, 0.717) is 18.3 Å². The first-order valence-electron chi connectivity index (χ1n) is 9.62. The Morgan fingerprint density at radius 3 is 2.56 bits per heavy atom. The molecule has 0 spiro atoms. The molecule has 0 bridgehead atoms. The molecule has 4 aromatic rings. The van der Waals surface area contributed by atoms with Crippen molar-refractivity contribution in [3.63, 3.8) is 0 Å². The Hall–Kier alpha value is -3.24. The molecule has 2 aromatic heterocycles. The van der Waals surface area contributed by atoms with Crippen LogP contribution >= 0.6 is 11.6 Å². The first-order chi connectivity index (χ1) is 15.3. The molecule has 166 valence electrons. The third-order valence-electron chi connectivity index (χ3n) is 5.34. The highest BCUT2D eigenvalue weighted by Crippen LogP contribution is 2.39. The molecule has 2 heterocycles. The van der Waals surface area contributed by atoms with Crippen molar-refractivity contribution in [2.45, 2.75) is 31.5 Å². The second-order valence-corrected chi connectivity index (χ2v) is 7.87. The lowest BCUT2D eigenvalue weighted by atomic mass is 9.80. The summed E-state index contributed by atoms with van der Waals surface area (Å²) in [4.78, 5) is 0. The first-order valence-corrected chi connectivity index (χ1v) is 10.00. The van der Waals surface area contributed by atoms with E-state index in [-0.39, 0.29) is 17.1 Å². The molecular formula is C21H18ClF3N6O. The van der Waals surface area contributed by atoms with Gasteiger partial charge in [0.2, 0.25) is 0 Å². The summed E-state index contributed by atoms with van der Waals surface area (Å²) in [6.45, 7) is 1.79. The van der Waals surface area contributed by atoms with Gasteiger partial charge in [-0.05, 0) is 40.3 Å². The van der Waals surface area contributed by atoms with E-state index in [2.05, 4.69) is 20.6 Å². The van der Waals surface area contributed by atoms with Crippen molar-refractivity contribution in [2.75, 3.05) is 0 Å². The lowest BCUT2D eigenvalue weighted by Gasteiger charge is -2.33. The van der Waals surface area contributed by atoms with E-state index in [0.717, 1.165) is 11.6 Å². The van der Waals surface area contributed by atoms with Crippen molar-refractivity contribution in [1.29, 1.82) is 0 Å². The Balaban J connectivity index is 1.66. The van der Waals surface area contributed by atoms with Gasteiger partial charge < -0.3 is 5.11 Å². The molecule has 0 aliphatic rings. The fourth-order valence-corrected chi connectivity index (χ4v) is 3.76. The predicted molar refractivity (Wildman–Crippen MR) is 109 cm³/mol. The zero-order chi connectivity index (χ0) is 22.9. The van der Waals surface area contributed by atoms with E-state index in [9.17, 15) is 18.3 Å². The highest BCUT2D eigenvalue weighted by molar-refractivity contribution is 6.30. The summed E-state index contributed by atoms with van der Waals surface area (Å²) in [5.41, 5.74) is -0.766. The second-order valence-electron chi connectivity index (χ2n) is 7.46. The van der Waals surface area contributed by atoms with Gasteiger partial charge in [-0.25, -0.2) is 17.9 Å². The first kappa shape index (κ1) is 22.0. The van der Waals surface area contributed by atoms with Gasteiger partial charge in [-0.3, -0.25) is 4.68 Å². The number of hydrogen-bond acceptors (Lipinski definition) is 5. The average Bonchev–Trinajstić information content (AvgIpc) is 3.42. The Kier molecular flexibility index (Phi) is 5.98. The number of nitrogens with zero attached hydrogens (tertiary/aromatic N) is 6. The van der Waals surface area contributed by atoms with Crippen LogP contribution in [-0.2, 0) is 18.7 Å². The van der Waals surface area contributed by atoms with Crippen molar-refractivity contribution in [3.05, 3.63) is 94.3 Å². The van der Waals surface area contributed by atoms with Gasteiger partial charge in [0.15, 0.2) is 0 Å². The minimum absolute atomic E-state index is 0.00542. The number of aliphatic hydroxyl groups is 1. The molecule has 32 heavy (non-hydrogen) atoms. The van der Waals surface area contributed by atoms with E-state index in [4.69, 9.17) is 11.6 Å². The normalized spacial score (nSPS) is 14.3. The van der Waals surface area contributed by atoms with Gasteiger partial charge >= 0.3 is 0 Å².